The van der Waals surface area contributed by atoms with Crippen molar-refractivity contribution in [3.8, 4) is 0 Å². The summed E-state index contributed by atoms with van der Waals surface area (Å²) in [5.74, 6) is 0. The summed E-state index contributed by atoms with van der Waals surface area (Å²) < 4.78 is 5.76. The third-order valence-electron chi connectivity index (χ3n) is 3.14. The van der Waals surface area contributed by atoms with Gasteiger partial charge in [0.25, 0.3) is 0 Å². The minimum Gasteiger partial charge on any atom is -0.423 e. The molecule has 2 N–H and O–H groups in total. The van der Waals surface area contributed by atoms with Crippen LogP contribution in [-0.4, -0.2) is 12.0 Å². The van der Waals surface area contributed by atoms with Crippen LogP contribution < -0.4 is 10.6 Å². The molecule has 0 unspecified atom stereocenters. The van der Waals surface area contributed by atoms with Crippen molar-refractivity contribution in [2.45, 2.75) is 6.54 Å². The number of rotatable bonds is 3. The lowest BCUT2D eigenvalue weighted by molar-refractivity contribution is 0.602. The van der Waals surface area contributed by atoms with Crippen molar-refractivity contribution in [2.24, 2.45) is 5.73 Å². The van der Waals surface area contributed by atoms with E-state index in [1.165, 1.54) is 0 Å². The van der Waals surface area contributed by atoms with Gasteiger partial charge in [0, 0.05) is 19.3 Å². The first kappa shape index (κ1) is 11.7. The van der Waals surface area contributed by atoms with Crippen LogP contribution in [-0.2, 0) is 6.54 Å². The van der Waals surface area contributed by atoms with Crippen LogP contribution in [0.1, 0.15) is 5.56 Å². The van der Waals surface area contributed by atoms with Crippen molar-refractivity contribution in [2.75, 3.05) is 11.9 Å². The third kappa shape index (κ3) is 2.06. The fraction of sp³-hybridized carbons (Fsp3) is 0.133. The summed E-state index contributed by atoms with van der Waals surface area (Å²) in [7, 11) is 1.93. The van der Waals surface area contributed by atoms with Gasteiger partial charge in [-0.2, -0.15) is 4.98 Å². The highest BCUT2D eigenvalue weighted by atomic mass is 16.4. The predicted molar refractivity (Wildman–Crippen MR) is 76.4 cm³/mol. The fourth-order valence-corrected chi connectivity index (χ4v) is 2.12. The number of benzene rings is 2. The number of fused-ring (bicyclic) bond motifs is 1. The maximum absolute atomic E-state index is 5.76. The number of para-hydroxylation sites is 3. The van der Waals surface area contributed by atoms with E-state index in [0.29, 0.717) is 12.6 Å². The van der Waals surface area contributed by atoms with Gasteiger partial charge in [-0.15, -0.1) is 0 Å². The largest absolute Gasteiger partial charge is 0.423 e. The molecule has 0 bridgehead atoms. The standard InChI is InChI=1S/C15H15N3O/c1-18(13-8-4-2-6-11(13)10-16)15-17-12-7-3-5-9-14(12)19-15/h2-9H,10,16H2,1H3. The Kier molecular flexibility index (Phi) is 2.93. The number of hydrogen-bond acceptors (Lipinski definition) is 4. The Bertz CT molecular complexity index is 672. The molecule has 19 heavy (non-hydrogen) atoms. The van der Waals surface area contributed by atoms with Crippen molar-refractivity contribution in [3.05, 3.63) is 54.1 Å². The van der Waals surface area contributed by atoms with Gasteiger partial charge in [-0.05, 0) is 23.8 Å². The molecule has 0 saturated heterocycles. The molecule has 96 valence electrons. The lowest BCUT2D eigenvalue weighted by Crippen LogP contribution is -2.13. The molecule has 4 heteroatoms. The smallest absolute Gasteiger partial charge is 0.302 e. The third-order valence-corrected chi connectivity index (χ3v) is 3.14. The van der Waals surface area contributed by atoms with Crippen molar-refractivity contribution < 1.29 is 4.42 Å². The second-order valence-corrected chi connectivity index (χ2v) is 4.36. The molecule has 0 atom stereocenters. The molecule has 0 amide bonds. The number of oxazole rings is 1. The zero-order valence-electron chi connectivity index (χ0n) is 10.7. The molecular formula is C15H15N3O. The topological polar surface area (TPSA) is 55.3 Å². The highest BCUT2D eigenvalue weighted by Gasteiger charge is 2.13. The van der Waals surface area contributed by atoms with Gasteiger partial charge in [-0.3, -0.25) is 4.90 Å². The Morgan fingerprint density at radius 2 is 1.84 bits per heavy atom. The zero-order valence-corrected chi connectivity index (χ0v) is 10.7. The summed E-state index contributed by atoms with van der Waals surface area (Å²) in [5.41, 5.74) is 9.48. The molecular weight excluding hydrogens is 238 g/mol. The number of hydrogen-bond donors (Lipinski definition) is 1. The minimum absolute atomic E-state index is 0.487. The Balaban J connectivity index is 2.05. The first-order valence-electron chi connectivity index (χ1n) is 6.17. The maximum Gasteiger partial charge on any atom is 0.302 e. The van der Waals surface area contributed by atoms with Gasteiger partial charge in [0.2, 0.25) is 0 Å². The van der Waals surface area contributed by atoms with E-state index in [2.05, 4.69) is 4.98 Å². The number of nitrogens with two attached hydrogens (primary N) is 1. The van der Waals surface area contributed by atoms with Crippen molar-refractivity contribution in [1.29, 1.82) is 0 Å². The van der Waals surface area contributed by atoms with Gasteiger partial charge in [0.05, 0.1) is 0 Å². The molecule has 4 nitrogen and oxygen atoms in total. The molecule has 0 saturated carbocycles. The van der Waals surface area contributed by atoms with Gasteiger partial charge in [-0.1, -0.05) is 30.3 Å². The average molecular weight is 253 g/mol. The maximum atomic E-state index is 5.76. The average Bonchev–Trinajstić information content (AvgIpc) is 2.90. The first-order chi connectivity index (χ1) is 9.29. The summed E-state index contributed by atoms with van der Waals surface area (Å²) in [4.78, 5) is 6.40. The van der Waals surface area contributed by atoms with E-state index in [4.69, 9.17) is 10.2 Å². The van der Waals surface area contributed by atoms with Crippen LogP contribution in [0.3, 0.4) is 0 Å². The van der Waals surface area contributed by atoms with Crippen molar-refractivity contribution in [1.82, 2.24) is 4.98 Å². The van der Waals surface area contributed by atoms with Gasteiger partial charge in [-0.25, -0.2) is 0 Å². The summed E-state index contributed by atoms with van der Waals surface area (Å²) in [6.07, 6.45) is 0. The SMILES string of the molecule is CN(c1nc2ccccc2o1)c1ccccc1CN. The zero-order chi connectivity index (χ0) is 13.2. The lowest BCUT2D eigenvalue weighted by Gasteiger charge is -2.17. The first-order valence-corrected chi connectivity index (χ1v) is 6.17. The van der Waals surface area contributed by atoms with E-state index in [9.17, 15) is 0 Å². The second-order valence-electron chi connectivity index (χ2n) is 4.36. The van der Waals surface area contributed by atoms with E-state index in [-0.39, 0.29) is 0 Å². The molecule has 1 aromatic heterocycles. The number of anilines is 2. The van der Waals surface area contributed by atoms with E-state index >= 15 is 0 Å². The van der Waals surface area contributed by atoms with Gasteiger partial charge < -0.3 is 10.2 Å². The monoisotopic (exact) mass is 253 g/mol. The Labute approximate surface area is 111 Å². The molecule has 0 aliphatic rings. The Morgan fingerprint density at radius 3 is 2.63 bits per heavy atom. The van der Waals surface area contributed by atoms with Crippen LogP contribution in [0.2, 0.25) is 0 Å². The number of aromatic nitrogens is 1. The van der Waals surface area contributed by atoms with Crippen molar-refractivity contribution in [3.63, 3.8) is 0 Å². The quantitative estimate of drug-likeness (QED) is 0.779. The summed E-state index contributed by atoms with van der Waals surface area (Å²) >= 11 is 0. The van der Waals surface area contributed by atoms with E-state index in [1.807, 2.05) is 60.5 Å². The molecule has 3 rings (SSSR count). The van der Waals surface area contributed by atoms with E-state index in [1.54, 1.807) is 0 Å². The van der Waals surface area contributed by atoms with Crippen LogP contribution in [0, 0.1) is 0 Å². The summed E-state index contributed by atoms with van der Waals surface area (Å²) in [6.45, 7) is 0.487. The Hall–Kier alpha value is -2.33. The predicted octanol–water partition coefficient (Wildman–Crippen LogP) is 3.05. The van der Waals surface area contributed by atoms with Crippen molar-refractivity contribution >= 4 is 22.8 Å². The highest BCUT2D eigenvalue weighted by molar-refractivity contribution is 5.75. The molecule has 2 aromatic carbocycles. The van der Waals surface area contributed by atoms with Crippen LogP contribution >= 0.6 is 0 Å². The molecule has 0 spiro atoms. The number of nitrogens with zero attached hydrogens (tertiary/aromatic N) is 2. The second kappa shape index (κ2) is 4.74. The summed E-state index contributed by atoms with van der Waals surface area (Å²) in [5, 5.41) is 0. The van der Waals surface area contributed by atoms with Gasteiger partial charge >= 0.3 is 6.01 Å². The molecule has 0 radical (unpaired) electrons. The molecule has 3 aromatic rings. The minimum atomic E-state index is 0.487. The fourth-order valence-electron chi connectivity index (χ4n) is 2.12. The molecule has 0 fully saturated rings. The normalized spacial score (nSPS) is 10.8. The van der Waals surface area contributed by atoms with Crippen LogP contribution in [0.5, 0.6) is 0 Å². The van der Waals surface area contributed by atoms with Crippen LogP contribution in [0.15, 0.2) is 52.9 Å². The Morgan fingerprint density at radius 1 is 1.11 bits per heavy atom. The molecule has 0 aliphatic heterocycles. The van der Waals surface area contributed by atoms with Gasteiger partial charge in [0.15, 0.2) is 5.58 Å². The highest BCUT2D eigenvalue weighted by Crippen LogP contribution is 2.28. The lowest BCUT2D eigenvalue weighted by atomic mass is 10.1. The molecule has 1 heterocycles. The summed E-state index contributed by atoms with van der Waals surface area (Å²) in [6, 6.07) is 16.3. The van der Waals surface area contributed by atoms with Gasteiger partial charge in [0.1, 0.15) is 5.52 Å². The van der Waals surface area contributed by atoms with Crippen LogP contribution in [0.4, 0.5) is 11.7 Å². The molecule has 0 aliphatic carbocycles. The van der Waals surface area contributed by atoms with E-state index in [0.717, 1.165) is 22.4 Å². The van der Waals surface area contributed by atoms with Crippen LogP contribution in [0.25, 0.3) is 11.1 Å². The van der Waals surface area contributed by atoms with E-state index < -0.39 is 0 Å².